The van der Waals surface area contributed by atoms with Gasteiger partial charge in [-0.1, -0.05) is 35.2 Å². The van der Waals surface area contributed by atoms with E-state index >= 15 is 0 Å². The van der Waals surface area contributed by atoms with Gasteiger partial charge in [0.15, 0.2) is 4.34 Å². The van der Waals surface area contributed by atoms with Crippen LogP contribution in [0.1, 0.15) is 5.56 Å². The average molecular weight is 374 g/mol. The summed E-state index contributed by atoms with van der Waals surface area (Å²) in [6.45, 7) is 2.02. The zero-order valence-corrected chi connectivity index (χ0v) is 15.0. The minimum Gasteiger partial charge on any atom is -0.330 e. The van der Waals surface area contributed by atoms with Crippen LogP contribution in [0.25, 0.3) is 0 Å². The number of carbonyl (C=O) groups is 1. The Morgan fingerprint density at radius 1 is 1.16 bits per heavy atom. The summed E-state index contributed by atoms with van der Waals surface area (Å²) in [6.07, 6.45) is 0. The smallest absolute Gasteiger partial charge is 0.234 e. The van der Waals surface area contributed by atoms with Gasteiger partial charge in [-0.05, 0) is 48.9 Å². The number of anilines is 3. The van der Waals surface area contributed by atoms with Crippen LogP contribution in [-0.2, 0) is 4.79 Å². The summed E-state index contributed by atoms with van der Waals surface area (Å²) < 4.78 is 13.5. The van der Waals surface area contributed by atoms with Gasteiger partial charge in [-0.3, -0.25) is 4.79 Å². The molecule has 0 spiro atoms. The fourth-order valence-electron chi connectivity index (χ4n) is 2.02. The quantitative estimate of drug-likeness (QED) is 0.624. The normalized spacial score (nSPS) is 10.5. The SMILES string of the molecule is Cc1cccc(Nc2nnc(SCC(=O)Nc3ccc(F)cc3)s2)c1. The molecule has 0 radical (unpaired) electrons. The molecule has 0 aliphatic rings. The highest BCUT2D eigenvalue weighted by molar-refractivity contribution is 8.01. The monoisotopic (exact) mass is 374 g/mol. The van der Waals surface area contributed by atoms with Gasteiger partial charge in [0, 0.05) is 11.4 Å². The van der Waals surface area contributed by atoms with Gasteiger partial charge in [0.25, 0.3) is 0 Å². The van der Waals surface area contributed by atoms with Crippen molar-refractivity contribution in [2.45, 2.75) is 11.3 Å². The molecule has 128 valence electrons. The van der Waals surface area contributed by atoms with Crippen LogP contribution in [0.15, 0.2) is 52.9 Å². The van der Waals surface area contributed by atoms with Crippen molar-refractivity contribution in [1.82, 2.24) is 10.2 Å². The summed E-state index contributed by atoms with van der Waals surface area (Å²) in [5, 5.41) is 14.7. The topological polar surface area (TPSA) is 66.9 Å². The van der Waals surface area contributed by atoms with Crippen molar-refractivity contribution in [3.63, 3.8) is 0 Å². The number of hydrogen-bond donors (Lipinski definition) is 2. The van der Waals surface area contributed by atoms with E-state index < -0.39 is 0 Å². The second-order valence-electron chi connectivity index (χ2n) is 5.21. The molecule has 0 bridgehead atoms. The minimum atomic E-state index is -0.338. The molecule has 1 amide bonds. The minimum absolute atomic E-state index is 0.181. The van der Waals surface area contributed by atoms with E-state index in [4.69, 9.17) is 0 Å². The first-order valence-electron chi connectivity index (χ1n) is 7.44. The van der Waals surface area contributed by atoms with Crippen molar-refractivity contribution in [2.24, 2.45) is 0 Å². The highest BCUT2D eigenvalue weighted by Gasteiger charge is 2.09. The molecule has 3 rings (SSSR count). The predicted octanol–water partition coefficient (Wildman–Crippen LogP) is 4.46. The number of carbonyl (C=O) groups excluding carboxylic acids is 1. The lowest BCUT2D eigenvalue weighted by atomic mass is 10.2. The number of halogens is 1. The van der Waals surface area contributed by atoms with E-state index in [-0.39, 0.29) is 17.5 Å². The predicted molar refractivity (Wildman–Crippen MR) is 100 cm³/mol. The second-order valence-corrected chi connectivity index (χ2v) is 7.41. The summed E-state index contributed by atoms with van der Waals surface area (Å²) in [5.74, 6) is -0.314. The van der Waals surface area contributed by atoms with Crippen LogP contribution in [0.5, 0.6) is 0 Å². The molecular weight excluding hydrogens is 359 g/mol. The third-order valence-corrected chi connectivity index (χ3v) is 5.10. The standard InChI is InChI=1S/C17H15FN4OS2/c1-11-3-2-4-14(9-11)20-16-21-22-17(25-16)24-10-15(23)19-13-7-5-12(18)6-8-13/h2-9H,10H2,1H3,(H,19,23)(H,20,21). The molecule has 0 unspecified atom stereocenters. The lowest BCUT2D eigenvalue weighted by Crippen LogP contribution is -2.13. The van der Waals surface area contributed by atoms with E-state index in [1.54, 1.807) is 0 Å². The third-order valence-electron chi connectivity index (χ3n) is 3.13. The molecule has 5 nitrogen and oxygen atoms in total. The van der Waals surface area contributed by atoms with E-state index in [0.717, 1.165) is 11.3 Å². The summed E-state index contributed by atoms with van der Waals surface area (Å²) in [7, 11) is 0. The maximum Gasteiger partial charge on any atom is 0.234 e. The summed E-state index contributed by atoms with van der Waals surface area (Å²) in [6, 6.07) is 13.6. The van der Waals surface area contributed by atoms with Crippen LogP contribution >= 0.6 is 23.1 Å². The Labute approximate surface area is 152 Å². The van der Waals surface area contributed by atoms with E-state index in [9.17, 15) is 9.18 Å². The van der Waals surface area contributed by atoms with Crippen molar-refractivity contribution in [3.8, 4) is 0 Å². The molecule has 2 aromatic carbocycles. The molecule has 3 aromatic rings. The molecule has 0 aliphatic carbocycles. The maximum atomic E-state index is 12.8. The van der Waals surface area contributed by atoms with Gasteiger partial charge in [-0.25, -0.2) is 4.39 Å². The first-order chi connectivity index (χ1) is 12.1. The van der Waals surface area contributed by atoms with Crippen LogP contribution in [0, 0.1) is 12.7 Å². The van der Waals surface area contributed by atoms with Gasteiger partial charge < -0.3 is 10.6 Å². The number of rotatable bonds is 6. The van der Waals surface area contributed by atoms with Crippen LogP contribution in [0.4, 0.5) is 20.9 Å². The van der Waals surface area contributed by atoms with Crippen molar-refractivity contribution in [1.29, 1.82) is 0 Å². The van der Waals surface area contributed by atoms with E-state index in [1.807, 2.05) is 31.2 Å². The van der Waals surface area contributed by atoms with Crippen molar-refractivity contribution in [3.05, 3.63) is 59.9 Å². The Kier molecular flexibility index (Phi) is 5.62. The fraction of sp³-hybridized carbons (Fsp3) is 0.118. The van der Waals surface area contributed by atoms with Gasteiger partial charge in [0.2, 0.25) is 11.0 Å². The van der Waals surface area contributed by atoms with Gasteiger partial charge >= 0.3 is 0 Å². The third kappa shape index (κ3) is 5.27. The largest absolute Gasteiger partial charge is 0.330 e. The second kappa shape index (κ2) is 8.09. The van der Waals surface area contributed by atoms with Crippen molar-refractivity contribution in [2.75, 3.05) is 16.4 Å². The number of nitrogens with zero attached hydrogens (tertiary/aromatic N) is 2. The number of aryl methyl sites for hydroxylation is 1. The highest BCUT2D eigenvalue weighted by atomic mass is 32.2. The Morgan fingerprint density at radius 3 is 2.72 bits per heavy atom. The van der Waals surface area contributed by atoms with Crippen LogP contribution < -0.4 is 10.6 Å². The first-order valence-corrected chi connectivity index (χ1v) is 9.24. The molecule has 0 atom stereocenters. The molecule has 0 saturated heterocycles. The van der Waals surface area contributed by atoms with E-state index in [2.05, 4.69) is 20.8 Å². The zero-order valence-electron chi connectivity index (χ0n) is 13.3. The van der Waals surface area contributed by atoms with Crippen LogP contribution in [0.2, 0.25) is 0 Å². The molecule has 25 heavy (non-hydrogen) atoms. The molecule has 2 N–H and O–H groups in total. The summed E-state index contributed by atoms with van der Waals surface area (Å²) in [4.78, 5) is 11.9. The van der Waals surface area contributed by atoms with E-state index in [0.29, 0.717) is 15.2 Å². The molecule has 8 heteroatoms. The van der Waals surface area contributed by atoms with Gasteiger partial charge in [-0.2, -0.15) is 0 Å². The Balaban J connectivity index is 1.51. The molecule has 0 fully saturated rings. The maximum absolute atomic E-state index is 12.8. The Hall–Kier alpha value is -2.45. The molecule has 1 heterocycles. The first kappa shape index (κ1) is 17.4. The lowest BCUT2D eigenvalue weighted by Gasteiger charge is -2.03. The summed E-state index contributed by atoms with van der Waals surface area (Å²) in [5.41, 5.74) is 2.66. The van der Waals surface area contributed by atoms with E-state index in [1.165, 1.54) is 47.4 Å². The molecular formula is C17H15FN4OS2. The lowest BCUT2D eigenvalue weighted by molar-refractivity contribution is -0.113. The Bertz CT molecular complexity index is 867. The number of benzene rings is 2. The highest BCUT2D eigenvalue weighted by Crippen LogP contribution is 2.28. The van der Waals surface area contributed by atoms with Crippen LogP contribution in [-0.4, -0.2) is 21.9 Å². The molecule has 1 aromatic heterocycles. The molecule has 0 aliphatic heterocycles. The summed E-state index contributed by atoms with van der Waals surface area (Å²) >= 11 is 2.69. The van der Waals surface area contributed by atoms with Crippen molar-refractivity contribution < 1.29 is 9.18 Å². The van der Waals surface area contributed by atoms with Gasteiger partial charge in [0.05, 0.1) is 5.75 Å². The fourth-order valence-corrected chi connectivity index (χ4v) is 3.59. The van der Waals surface area contributed by atoms with Gasteiger partial charge in [0.1, 0.15) is 5.82 Å². The number of hydrogen-bond acceptors (Lipinski definition) is 6. The number of amides is 1. The number of aromatic nitrogens is 2. The average Bonchev–Trinajstić information content (AvgIpc) is 3.03. The number of thioether (sulfide) groups is 1. The zero-order chi connectivity index (χ0) is 17.6. The molecule has 0 saturated carbocycles. The van der Waals surface area contributed by atoms with Crippen LogP contribution in [0.3, 0.4) is 0 Å². The van der Waals surface area contributed by atoms with Gasteiger partial charge in [-0.15, -0.1) is 10.2 Å². The van der Waals surface area contributed by atoms with Crippen molar-refractivity contribution >= 4 is 45.5 Å². The Morgan fingerprint density at radius 2 is 1.96 bits per heavy atom. The number of nitrogens with one attached hydrogen (secondary N) is 2.